The lowest BCUT2D eigenvalue weighted by Gasteiger charge is -2.37. The molecule has 0 aliphatic heterocycles. The van der Waals surface area contributed by atoms with E-state index in [4.69, 9.17) is 18.5 Å². The minimum absolute atomic E-state index is 0.277. The van der Waals surface area contributed by atoms with Crippen LogP contribution in [0, 0.1) is 11.8 Å². The molecule has 1 rings (SSSR count). The molecule has 0 spiro atoms. The van der Waals surface area contributed by atoms with Crippen LogP contribution in [0.4, 0.5) is 4.39 Å². The molecule has 1 N–H and O–H groups in total. The van der Waals surface area contributed by atoms with Gasteiger partial charge in [0.05, 0.1) is 26.4 Å². The lowest BCUT2D eigenvalue weighted by atomic mass is 9.97. The highest BCUT2D eigenvalue weighted by Gasteiger charge is 2.75. The Labute approximate surface area is 175 Å². The summed E-state index contributed by atoms with van der Waals surface area (Å²) in [6, 6.07) is 7.97. The molecule has 0 bridgehead atoms. The third-order valence-electron chi connectivity index (χ3n) is 3.73. The first kappa shape index (κ1) is 25.8. The molecule has 0 heterocycles. The van der Waals surface area contributed by atoms with Gasteiger partial charge in [-0.25, -0.2) is 14.0 Å². The second kappa shape index (κ2) is 11.2. The summed E-state index contributed by atoms with van der Waals surface area (Å²) in [6.45, 7) is 4.18. The molecule has 166 valence electrons. The van der Waals surface area contributed by atoms with Gasteiger partial charge in [-0.2, -0.15) is 0 Å². The topological polar surface area (TPSA) is 108 Å². The lowest BCUT2D eigenvalue weighted by Crippen LogP contribution is -2.61. The van der Waals surface area contributed by atoms with Gasteiger partial charge in [0.25, 0.3) is 5.60 Å². The van der Waals surface area contributed by atoms with Crippen molar-refractivity contribution in [3.05, 3.63) is 35.9 Å². The van der Waals surface area contributed by atoms with Gasteiger partial charge in [-0.3, -0.25) is 4.57 Å². The Bertz CT molecular complexity index is 824. The number of halogens is 1. The number of benzene rings is 1. The molecule has 1 aromatic carbocycles. The van der Waals surface area contributed by atoms with Crippen LogP contribution in [0.1, 0.15) is 33.3 Å². The Hall–Kier alpha value is -2.24. The average Bonchev–Trinajstić information content (AvgIpc) is 2.72. The van der Waals surface area contributed by atoms with E-state index in [1.54, 1.807) is 18.2 Å². The molecular weight excluding hydrogens is 418 g/mol. The van der Waals surface area contributed by atoms with E-state index in [2.05, 4.69) is 5.92 Å². The molecule has 0 saturated heterocycles. The van der Waals surface area contributed by atoms with Gasteiger partial charge in [-0.15, -0.1) is 0 Å². The van der Waals surface area contributed by atoms with Crippen LogP contribution in [0.3, 0.4) is 0 Å². The molecular formula is C20H26FO8P. The molecule has 0 aliphatic rings. The molecule has 0 radical (unpaired) electrons. The van der Waals surface area contributed by atoms with Crippen molar-refractivity contribution in [3.63, 3.8) is 0 Å². The van der Waals surface area contributed by atoms with Crippen LogP contribution in [0.2, 0.25) is 0 Å². The fraction of sp³-hybridized carbons (Fsp3) is 0.500. The SMILES string of the molecule is CCOC(=O)C(O)(C#Cc1ccccc1)C(F)(C(=O)OCC)P(=O)(OCC)OCC. The molecule has 2 unspecified atom stereocenters. The number of hydrogen-bond donors (Lipinski definition) is 1. The number of carbonyl (C=O) groups excluding carboxylic acids is 2. The summed E-state index contributed by atoms with van der Waals surface area (Å²) < 4.78 is 49.2. The summed E-state index contributed by atoms with van der Waals surface area (Å²) in [6.07, 6.45) is 0. The number of hydrogen-bond acceptors (Lipinski definition) is 8. The van der Waals surface area contributed by atoms with Gasteiger partial charge in [0.1, 0.15) is 0 Å². The second-order valence-electron chi connectivity index (χ2n) is 5.72. The molecule has 0 amide bonds. The molecule has 30 heavy (non-hydrogen) atoms. The standard InChI is InChI=1S/C20H26FO8P/c1-5-26-17(22)19(24,15-14-16-12-10-9-11-13-16)20(21,18(23)27-6-2)30(25,28-7-3)29-8-4/h9-13,24H,5-8H2,1-4H3. The zero-order valence-corrected chi connectivity index (χ0v) is 18.2. The second-order valence-corrected chi connectivity index (χ2v) is 7.85. The van der Waals surface area contributed by atoms with Crippen molar-refractivity contribution in [2.24, 2.45) is 0 Å². The molecule has 8 nitrogen and oxygen atoms in total. The third kappa shape index (κ3) is 5.08. The van der Waals surface area contributed by atoms with Crippen molar-refractivity contribution in [3.8, 4) is 11.8 Å². The summed E-state index contributed by atoms with van der Waals surface area (Å²) in [7, 11) is -5.14. The zero-order chi connectivity index (χ0) is 22.8. The van der Waals surface area contributed by atoms with Gasteiger partial charge >= 0.3 is 24.9 Å². The van der Waals surface area contributed by atoms with Crippen molar-refractivity contribution in [1.82, 2.24) is 0 Å². The summed E-state index contributed by atoms with van der Waals surface area (Å²) in [5.41, 5.74) is -3.26. The number of carbonyl (C=O) groups is 2. The summed E-state index contributed by atoms with van der Waals surface area (Å²) >= 11 is 0. The van der Waals surface area contributed by atoms with E-state index in [-0.39, 0.29) is 32.0 Å². The van der Waals surface area contributed by atoms with E-state index >= 15 is 4.39 Å². The minimum atomic E-state index is -5.14. The molecule has 0 aliphatic carbocycles. The first-order chi connectivity index (χ1) is 14.2. The minimum Gasteiger partial charge on any atom is -0.463 e. The van der Waals surface area contributed by atoms with E-state index < -0.39 is 30.5 Å². The quantitative estimate of drug-likeness (QED) is 0.333. The van der Waals surface area contributed by atoms with Crippen LogP contribution in [0.25, 0.3) is 0 Å². The zero-order valence-electron chi connectivity index (χ0n) is 17.3. The van der Waals surface area contributed by atoms with Crippen LogP contribution in [-0.2, 0) is 32.7 Å². The summed E-state index contributed by atoms with van der Waals surface area (Å²) in [5, 5.41) is 7.10. The third-order valence-corrected chi connectivity index (χ3v) is 6.19. The predicted octanol–water partition coefficient (Wildman–Crippen LogP) is 2.83. The molecule has 10 heteroatoms. The Morgan fingerprint density at radius 1 is 0.967 bits per heavy atom. The van der Waals surface area contributed by atoms with Crippen LogP contribution in [-0.4, -0.2) is 54.5 Å². The van der Waals surface area contributed by atoms with Crippen molar-refractivity contribution in [1.29, 1.82) is 0 Å². The molecule has 0 aromatic heterocycles. The Balaban J connectivity index is 3.84. The highest BCUT2D eigenvalue weighted by atomic mass is 31.2. The van der Waals surface area contributed by atoms with E-state index in [0.29, 0.717) is 0 Å². The molecule has 1 aromatic rings. The van der Waals surface area contributed by atoms with E-state index in [1.807, 2.05) is 5.92 Å². The average molecular weight is 444 g/mol. The van der Waals surface area contributed by atoms with Crippen LogP contribution in [0.5, 0.6) is 0 Å². The number of aliphatic hydroxyl groups is 1. The van der Waals surface area contributed by atoms with Gasteiger partial charge in [0.15, 0.2) is 0 Å². The van der Waals surface area contributed by atoms with Gasteiger partial charge in [-0.05, 0) is 45.7 Å². The molecule has 2 atom stereocenters. The Morgan fingerprint density at radius 2 is 1.47 bits per heavy atom. The predicted molar refractivity (Wildman–Crippen MR) is 106 cm³/mol. The van der Waals surface area contributed by atoms with Gasteiger partial charge < -0.3 is 23.6 Å². The van der Waals surface area contributed by atoms with E-state index in [0.717, 1.165) is 0 Å². The van der Waals surface area contributed by atoms with Crippen molar-refractivity contribution < 1.29 is 42.2 Å². The first-order valence-corrected chi connectivity index (χ1v) is 10.9. The van der Waals surface area contributed by atoms with E-state index in [9.17, 15) is 19.3 Å². The van der Waals surface area contributed by atoms with Crippen molar-refractivity contribution >= 4 is 19.5 Å². The Morgan fingerprint density at radius 3 is 1.93 bits per heavy atom. The summed E-state index contributed by atoms with van der Waals surface area (Å²) in [4.78, 5) is 25.3. The van der Waals surface area contributed by atoms with Crippen LogP contribution in [0.15, 0.2) is 30.3 Å². The fourth-order valence-corrected chi connectivity index (χ4v) is 4.37. The van der Waals surface area contributed by atoms with Crippen molar-refractivity contribution in [2.45, 2.75) is 38.7 Å². The normalized spacial score (nSPS) is 15.1. The maximum Gasteiger partial charge on any atom is 0.384 e. The molecule has 0 saturated carbocycles. The fourth-order valence-electron chi connectivity index (χ4n) is 2.43. The lowest BCUT2D eigenvalue weighted by molar-refractivity contribution is -0.181. The number of esters is 2. The largest absolute Gasteiger partial charge is 0.463 e. The summed E-state index contributed by atoms with van der Waals surface area (Å²) in [5.74, 6) is 0.964. The monoisotopic (exact) mass is 444 g/mol. The van der Waals surface area contributed by atoms with Crippen molar-refractivity contribution in [2.75, 3.05) is 26.4 Å². The molecule has 0 fully saturated rings. The van der Waals surface area contributed by atoms with Crippen LogP contribution >= 0.6 is 7.60 Å². The van der Waals surface area contributed by atoms with Gasteiger partial charge in [0.2, 0.25) is 0 Å². The maximum absolute atomic E-state index is 16.5. The number of alkyl halides is 1. The number of ether oxygens (including phenoxy) is 2. The maximum atomic E-state index is 16.5. The highest BCUT2D eigenvalue weighted by Crippen LogP contribution is 2.65. The van der Waals surface area contributed by atoms with Gasteiger partial charge in [0, 0.05) is 5.56 Å². The van der Waals surface area contributed by atoms with Gasteiger partial charge in [-0.1, -0.05) is 24.1 Å². The van der Waals surface area contributed by atoms with Crippen LogP contribution < -0.4 is 0 Å². The Kier molecular flexibility index (Phi) is 9.66. The smallest absolute Gasteiger partial charge is 0.384 e. The first-order valence-electron chi connectivity index (χ1n) is 9.39. The highest BCUT2D eigenvalue weighted by molar-refractivity contribution is 7.56. The van der Waals surface area contributed by atoms with E-state index in [1.165, 1.54) is 39.8 Å². The number of rotatable bonds is 10.